The van der Waals surface area contributed by atoms with Crippen LogP contribution in [0, 0.1) is 0 Å². The number of hydrogen-bond donors (Lipinski definition) is 3. The van der Waals surface area contributed by atoms with E-state index >= 15 is 0 Å². The highest BCUT2D eigenvalue weighted by atomic mass is 16.5. The van der Waals surface area contributed by atoms with E-state index in [0.717, 1.165) is 36.8 Å². The summed E-state index contributed by atoms with van der Waals surface area (Å²) in [7, 11) is 0. The van der Waals surface area contributed by atoms with Gasteiger partial charge in [0.2, 0.25) is 17.7 Å². The number of hydrazone groups is 1. The summed E-state index contributed by atoms with van der Waals surface area (Å²) in [5.74, 6) is -0.524. The van der Waals surface area contributed by atoms with Crippen LogP contribution in [0.5, 0.6) is 5.75 Å². The van der Waals surface area contributed by atoms with E-state index in [1.165, 1.54) is 6.07 Å². The molecule has 3 amide bonds. The number of anilines is 1. The Bertz CT molecular complexity index is 1370. The van der Waals surface area contributed by atoms with Gasteiger partial charge in [0, 0.05) is 32.2 Å². The van der Waals surface area contributed by atoms with Crippen LogP contribution < -0.4 is 10.7 Å². The molecule has 0 saturated heterocycles. The predicted octanol–water partition coefficient (Wildman–Crippen LogP) is 5.74. The molecular weight excluding hydrogens is 572 g/mol. The van der Waals surface area contributed by atoms with Gasteiger partial charge in [-0.25, -0.2) is 5.43 Å². The van der Waals surface area contributed by atoms with Crippen molar-refractivity contribution in [3.63, 3.8) is 0 Å². The second kappa shape index (κ2) is 17.7. The van der Waals surface area contributed by atoms with Gasteiger partial charge in [0.1, 0.15) is 11.9 Å². The molecule has 4 rings (SSSR count). The van der Waals surface area contributed by atoms with E-state index in [4.69, 9.17) is 4.74 Å². The maximum absolute atomic E-state index is 13.4. The molecule has 3 N–H and O–H groups in total. The molecule has 2 atom stereocenters. The fourth-order valence-corrected chi connectivity index (χ4v) is 5.72. The molecule has 2 aromatic rings. The first-order valence-electron chi connectivity index (χ1n) is 16.0. The van der Waals surface area contributed by atoms with E-state index in [0.29, 0.717) is 63.6 Å². The number of nitrogens with one attached hydrogen (secondary N) is 2. The second-order valence-corrected chi connectivity index (χ2v) is 11.6. The molecule has 0 spiro atoms. The number of esters is 1. The molecule has 0 radical (unpaired) electrons. The lowest BCUT2D eigenvalue weighted by Gasteiger charge is -2.39. The number of para-hydroxylation sites is 2. The number of hydrogen-bond acceptors (Lipinski definition) is 7. The number of nitrogens with zero attached hydrogens (tertiary/aromatic N) is 2. The highest BCUT2D eigenvalue weighted by Gasteiger charge is 2.35. The number of phenolic OH excluding ortho intramolecular Hbond substituents is 1. The minimum atomic E-state index is -0.292. The van der Waals surface area contributed by atoms with E-state index in [2.05, 4.69) is 15.8 Å². The maximum atomic E-state index is 13.4. The largest absolute Gasteiger partial charge is 0.506 e. The Morgan fingerprint density at radius 3 is 2.51 bits per heavy atom. The Morgan fingerprint density at radius 2 is 1.69 bits per heavy atom. The van der Waals surface area contributed by atoms with E-state index in [9.17, 15) is 24.3 Å². The van der Waals surface area contributed by atoms with Gasteiger partial charge in [0.05, 0.1) is 17.9 Å². The topological polar surface area (TPSA) is 137 Å². The average molecular weight is 617 g/mol. The SMILES string of the molecule is O=C(CCCCCC(=O)Nc1ccccc1O)N/N=C/c1cccc(CN2C(=O)CC/C=C/CCC(=O)O[C@@H]3CCCC[C@H]32)c1. The standard InChI is InChI=1S/C35H44N4O6/c40-30-17-10-8-15-28(30)37-32(41)19-4-3-5-20-33(42)38-36-24-26-13-12-14-27(23-26)25-39-29-16-9-11-18-31(29)45-35(44)22-7-2-1-6-21-34(39)43/h1-2,8,10,12-15,17,23-24,29,31,40H,3-7,9,11,16,18-22,25H2,(H,37,41)(H,38,42)/b2-1+,36-24+/t29-,31-/m1/s1. The Morgan fingerprint density at radius 1 is 0.933 bits per heavy atom. The lowest BCUT2D eigenvalue weighted by Crippen LogP contribution is -2.49. The number of benzene rings is 2. The lowest BCUT2D eigenvalue weighted by molar-refractivity contribution is -0.159. The van der Waals surface area contributed by atoms with Crippen molar-refractivity contribution < 1.29 is 29.0 Å². The fourth-order valence-electron chi connectivity index (χ4n) is 5.72. The minimum absolute atomic E-state index is 0.0262. The molecule has 10 heteroatoms. The van der Waals surface area contributed by atoms with Crippen LogP contribution in [-0.4, -0.2) is 52.1 Å². The van der Waals surface area contributed by atoms with Crippen molar-refractivity contribution in [2.45, 2.75) is 102 Å². The monoisotopic (exact) mass is 616 g/mol. The number of rotatable bonds is 11. The molecule has 45 heavy (non-hydrogen) atoms. The molecule has 1 aliphatic carbocycles. The zero-order chi connectivity index (χ0) is 31.9. The van der Waals surface area contributed by atoms with Crippen molar-refractivity contribution in [3.05, 3.63) is 71.8 Å². The number of phenols is 1. The van der Waals surface area contributed by atoms with Crippen LogP contribution in [0.2, 0.25) is 0 Å². The van der Waals surface area contributed by atoms with Gasteiger partial charge in [-0.05, 0) is 74.3 Å². The zero-order valence-electron chi connectivity index (χ0n) is 25.8. The first kappa shape index (κ1) is 33.4. The summed E-state index contributed by atoms with van der Waals surface area (Å²) in [6, 6.07) is 14.1. The number of carbonyl (C=O) groups excluding carboxylic acids is 4. The number of ether oxygens (including phenoxy) is 1. The molecule has 0 aromatic heterocycles. The smallest absolute Gasteiger partial charge is 0.306 e. The van der Waals surface area contributed by atoms with Crippen LogP contribution in [0.1, 0.15) is 94.6 Å². The molecular formula is C35H44N4O6. The average Bonchev–Trinajstić information content (AvgIpc) is 3.02. The molecule has 1 fully saturated rings. The van der Waals surface area contributed by atoms with Crippen molar-refractivity contribution in [2.75, 3.05) is 5.32 Å². The third-order valence-corrected chi connectivity index (χ3v) is 8.07. The normalized spacial score (nSPS) is 20.0. The molecule has 10 nitrogen and oxygen atoms in total. The summed E-state index contributed by atoms with van der Waals surface area (Å²) >= 11 is 0. The van der Waals surface area contributed by atoms with Gasteiger partial charge in [-0.2, -0.15) is 5.10 Å². The van der Waals surface area contributed by atoms with Crippen molar-refractivity contribution >= 4 is 35.6 Å². The Kier molecular flexibility index (Phi) is 13.2. The first-order chi connectivity index (χ1) is 21.9. The predicted molar refractivity (Wildman–Crippen MR) is 172 cm³/mol. The van der Waals surface area contributed by atoms with Crippen LogP contribution in [0.4, 0.5) is 5.69 Å². The molecule has 0 bridgehead atoms. The summed E-state index contributed by atoms with van der Waals surface area (Å²) < 4.78 is 5.87. The van der Waals surface area contributed by atoms with Crippen LogP contribution in [0.3, 0.4) is 0 Å². The van der Waals surface area contributed by atoms with Crippen molar-refractivity contribution in [1.82, 2.24) is 10.3 Å². The number of carbonyl (C=O) groups is 4. The highest BCUT2D eigenvalue weighted by Crippen LogP contribution is 2.29. The molecule has 1 saturated carbocycles. The first-order valence-corrected chi connectivity index (χ1v) is 16.0. The van der Waals surface area contributed by atoms with Crippen molar-refractivity contribution in [3.8, 4) is 5.75 Å². The maximum Gasteiger partial charge on any atom is 0.306 e. The quantitative estimate of drug-likeness (QED) is 0.0735. The van der Waals surface area contributed by atoms with Gasteiger partial charge in [-0.3, -0.25) is 19.2 Å². The minimum Gasteiger partial charge on any atom is -0.506 e. The number of unbranched alkanes of at least 4 members (excludes halogenated alkanes) is 2. The van der Waals surface area contributed by atoms with Gasteiger partial charge in [-0.15, -0.1) is 0 Å². The van der Waals surface area contributed by atoms with Gasteiger partial charge in [0.15, 0.2) is 0 Å². The number of aromatic hydroxyl groups is 1. The van der Waals surface area contributed by atoms with Crippen molar-refractivity contribution in [2.24, 2.45) is 5.10 Å². The summed E-state index contributed by atoms with van der Waals surface area (Å²) in [5, 5.41) is 16.6. The van der Waals surface area contributed by atoms with Crippen LogP contribution >= 0.6 is 0 Å². The van der Waals surface area contributed by atoms with Gasteiger partial charge < -0.3 is 20.1 Å². The molecule has 2 aliphatic rings. The van der Waals surface area contributed by atoms with Gasteiger partial charge >= 0.3 is 5.97 Å². The van der Waals surface area contributed by atoms with Crippen LogP contribution in [-0.2, 0) is 30.5 Å². The fraction of sp³-hybridized carbons (Fsp3) is 0.457. The second-order valence-electron chi connectivity index (χ2n) is 11.6. The van der Waals surface area contributed by atoms with E-state index in [1.54, 1.807) is 24.4 Å². The molecule has 2 aromatic carbocycles. The summed E-state index contributed by atoms with van der Waals surface area (Å²) in [6.07, 6.45) is 13.3. The van der Waals surface area contributed by atoms with E-state index < -0.39 is 0 Å². The summed E-state index contributed by atoms with van der Waals surface area (Å²) in [5.41, 5.74) is 4.67. The van der Waals surface area contributed by atoms with Crippen molar-refractivity contribution in [1.29, 1.82) is 0 Å². The number of allylic oxidation sites excluding steroid dienone is 2. The molecule has 1 aliphatic heterocycles. The molecule has 1 heterocycles. The Labute approximate surface area is 264 Å². The van der Waals surface area contributed by atoms with E-state index in [1.807, 2.05) is 41.3 Å². The third-order valence-electron chi connectivity index (χ3n) is 8.07. The van der Waals surface area contributed by atoms with Gasteiger partial charge in [0.25, 0.3) is 0 Å². The molecule has 0 unspecified atom stereocenters. The Hall–Kier alpha value is -4.47. The highest BCUT2D eigenvalue weighted by molar-refractivity contribution is 5.92. The Balaban J connectivity index is 1.25. The summed E-state index contributed by atoms with van der Waals surface area (Å²) in [4.78, 5) is 52.1. The lowest BCUT2D eigenvalue weighted by atomic mass is 9.90. The third kappa shape index (κ3) is 11.2. The van der Waals surface area contributed by atoms with Crippen LogP contribution in [0.25, 0.3) is 0 Å². The number of amides is 3. The van der Waals surface area contributed by atoms with Gasteiger partial charge in [-0.1, -0.05) is 55.3 Å². The molecule has 240 valence electrons. The summed E-state index contributed by atoms with van der Waals surface area (Å²) in [6.45, 7) is 0.403. The zero-order valence-corrected chi connectivity index (χ0v) is 25.8. The van der Waals surface area contributed by atoms with E-state index in [-0.39, 0.29) is 48.0 Å². The number of fused-ring (bicyclic) bond motifs is 1. The van der Waals surface area contributed by atoms with Crippen LogP contribution in [0.15, 0.2) is 65.8 Å².